The molecule has 0 radical (unpaired) electrons. The highest BCUT2D eigenvalue weighted by molar-refractivity contribution is 7.90. The van der Waals surface area contributed by atoms with Crippen LogP contribution in [0.25, 0.3) is 0 Å². The van der Waals surface area contributed by atoms with Crippen LogP contribution in [0.1, 0.15) is 73.0 Å². The lowest BCUT2D eigenvalue weighted by Gasteiger charge is -2.53. The number of hydrogen-bond acceptors (Lipinski definition) is 9. The first kappa shape index (κ1) is 42.2. The topological polar surface area (TPSA) is 101 Å². The Morgan fingerprint density at radius 3 is 2.73 bits per heavy atom. The molecule has 3 aliphatic heterocycles. The summed E-state index contributed by atoms with van der Waals surface area (Å²) >= 11 is 6.55. The first-order valence-corrected chi connectivity index (χ1v) is 23.6. The van der Waals surface area contributed by atoms with E-state index in [4.69, 9.17) is 25.8 Å². The third-order valence-electron chi connectivity index (χ3n) is 13.9. The second kappa shape index (κ2) is 17.9. The molecular weight excluding hydrogens is 784 g/mol. The van der Waals surface area contributed by atoms with Crippen LogP contribution >= 0.6 is 11.6 Å². The normalized spacial score (nSPS) is 26.4. The molecule has 1 saturated carbocycles. The number of hydrogen-bond donors (Lipinski definition) is 1. The highest BCUT2D eigenvalue weighted by Crippen LogP contribution is 2.49. The summed E-state index contributed by atoms with van der Waals surface area (Å²) < 4.78 is 48.7. The molecule has 5 aliphatic rings. The van der Waals surface area contributed by atoms with Crippen LogP contribution in [0, 0.1) is 11.8 Å². The molecule has 2 aliphatic carbocycles. The van der Waals surface area contributed by atoms with Crippen molar-refractivity contribution in [3.63, 3.8) is 0 Å². The van der Waals surface area contributed by atoms with Crippen molar-refractivity contribution in [1.82, 2.24) is 14.5 Å². The summed E-state index contributed by atoms with van der Waals surface area (Å²) in [6, 6.07) is 21.5. The number of amides is 1. The van der Waals surface area contributed by atoms with Crippen molar-refractivity contribution in [2.75, 3.05) is 77.6 Å². The van der Waals surface area contributed by atoms with Crippen molar-refractivity contribution in [2.45, 2.75) is 81.1 Å². The third kappa shape index (κ3) is 8.98. The molecule has 3 fully saturated rings. The van der Waals surface area contributed by atoms with Crippen molar-refractivity contribution in [3.8, 4) is 5.75 Å². The highest BCUT2D eigenvalue weighted by atomic mass is 35.5. The maximum atomic E-state index is 13.9. The first-order valence-electron chi connectivity index (χ1n) is 21.7. The number of rotatable bonds is 13. The average molecular weight is 846 g/mol. The zero-order valence-electron chi connectivity index (χ0n) is 34.9. The van der Waals surface area contributed by atoms with Crippen LogP contribution in [0.15, 0.2) is 78.9 Å². The first-order chi connectivity index (χ1) is 28.5. The Labute approximate surface area is 356 Å². The summed E-state index contributed by atoms with van der Waals surface area (Å²) in [5, 5.41) is -0.0579. The molecule has 3 aromatic carbocycles. The summed E-state index contributed by atoms with van der Waals surface area (Å²) in [5.74, 6) is 0.646. The number of nitrogens with zero attached hydrogens (tertiary/aromatic N) is 3. The maximum absolute atomic E-state index is 13.9. The molecule has 10 nitrogen and oxygen atoms in total. The zero-order chi connectivity index (χ0) is 41.2. The minimum atomic E-state index is -3.96. The molecule has 2 saturated heterocycles. The minimum absolute atomic E-state index is 0.277. The lowest BCUT2D eigenvalue weighted by Crippen LogP contribution is -2.62. The Morgan fingerprint density at radius 1 is 1.10 bits per heavy atom. The predicted octanol–water partition coefficient (Wildman–Crippen LogP) is 6.90. The second-order valence-electron chi connectivity index (χ2n) is 17.7. The quantitative estimate of drug-likeness (QED) is 0.184. The van der Waals surface area contributed by atoms with Crippen molar-refractivity contribution in [2.24, 2.45) is 11.8 Å². The molecule has 1 amide bonds. The number of fused-ring (bicyclic) bond motifs is 4. The van der Waals surface area contributed by atoms with Crippen LogP contribution in [0.5, 0.6) is 5.75 Å². The molecule has 6 atom stereocenters. The summed E-state index contributed by atoms with van der Waals surface area (Å²) in [4.78, 5) is 21.5. The molecule has 0 aromatic heterocycles. The lowest BCUT2D eigenvalue weighted by molar-refractivity contribution is -0.108. The van der Waals surface area contributed by atoms with Crippen molar-refractivity contribution >= 4 is 33.2 Å². The van der Waals surface area contributed by atoms with E-state index in [1.165, 1.54) is 11.1 Å². The lowest BCUT2D eigenvalue weighted by atomic mass is 9.63. The number of piperazine rings is 1. The Morgan fingerprint density at radius 2 is 1.95 bits per heavy atom. The number of anilines is 1. The smallest absolute Gasteiger partial charge is 0.264 e. The zero-order valence-corrected chi connectivity index (χ0v) is 36.5. The van der Waals surface area contributed by atoms with Gasteiger partial charge in [0.25, 0.3) is 5.91 Å². The van der Waals surface area contributed by atoms with E-state index < -0.39 is 26.8 Å². The SMILES string of the molecule is CC/C=C/[C@@](CN1CCN2CCOC[C@@H]2C1)(OC)[C@@H]1CC[C@H]1CN1C[C@@]2(CCCc3cc(Cl)ccc32)COc2ccc(C(=O)NS(=O)(=O)[C@H](C)Cc3ccccc3)cc21. The largest absolute Gasteiger partial charge is 0.490 e. The molecule has 3 aromatic rings. The van der Waals surface area contributed by atoms with Gasteiger partial charge in [-0.05, 0) is 111 Å². The van der Waals surface area contributed by atoms with Crippen LogP contribution in [0.3, 0.4) is 0 Å². The summed E-state index contributed by atoms with van der Waals surface area (Å²) in [5.41, 5.74) is 3.79. The van der Waals surface area contributed by atoms with Gasteiger partial charge in [-0.25, -0.2) is 13.1 Å². The number of morpholine rings is 1. The molecular formula is C47H61ClN4O6S. The minimum Gasteiger partial charge on any atom is -0.490 e. The van der Waals surface area contributed by atoms with Gasteiger partial charge in [-0.1, -0.05) is 67.1 Å². The number of nitrogens with one attached hydrogen (secondary N) is 1. The highest BCUT2D eigenvalue weighted by Gasteiger charge is 2.50. The Kier molecular flexibility index (Phi) is 12.8. The fraction of sp³-hybridized carbons (Fsp3) is 0.553. The van der Waals surface area contributed by atoms with E-state index in [0.29, 0.717) is 37.3 Å². The van der Waals surface area contributed by atoms with Gasteiger partial charge in [0.05, 0.1) is 30.8 Å². The number of carbonyl (C=O) groups is 1. The number of benzene rings is 3. The summed E-state index contributed by atoms with van der Waals surface area (Å²) in [6.45, 7) is 12.2. The van der Waals surface area contributed by atoms with Gasteiger partial charge in [0, 0.05) is 75.0 Å². The Bertz CT molecular complexity index is 2100. The van der Waals surface area contributed by atoms with Crippen LogP contribution in [0.4, 0.5) is 5.69 Å². The van der Waals surface area contributed by atoms with Gasteiger partial charge in [0.15, 0.2) is 0 Å². The molecule has 3 heterocycles. The molecule has 1 N–H and O–H groups in total. The number of sulfonamides is 1. The standard InChI is InChI=1S/C47H61ClN4O6S/c1-4-5-20-47(56-3,32-50-21-22-51-23-24-57-30-40(51)29-50)42-16-13-38(42)28-52-31-46(19-9-12-36-26-39(48)15-17-41(36)46)33-58-44-18-14-37(27-43(44)52)45(53)49-59(54,55)34(2)25-35-10-7-6-8-11-35/h5-8,10-11,14-15,17-18,20,26-27,34,38,40,42H,4,9,12-13,16,19,21-25,28-33H2,1-3H3,(H,49,53)/b20-5+/t34-,38+,40+,42-,46+,47+/m1/s1. The van der Waals surface area contributed by atoms with E-state index in [1.807, 2.05) is 55.6 Å². The van der Waals surface area contributed by atoms with Crippen LogP contribution in [0.2, 0.25) is 5.02 Å². The predicted molar refractivity (Wildman–Crippen MR) is 234 cm³/mol. The second-order valence-corrected chi connectivity index (χ2v) is 20.2. The van der Waals surface area contributed by atoms with E-state index in [0.717, 1.165) is 107 Å². The number of methoxy groups -OCH3 is 1. The Balaban J connectivity index is 1.09. The van der Waals surface area contributed by atoms with Gasteiger partial charge in [0.1, 0.15) is 11.4 Å². The van der Waals surface area contributed by atoms with Gasteiger partial charge in [-0.15, -0.1) is 0 Å². The molecule has 8 rings (SSSR count). The number of ether oxygens (including phenoxy) is 3. The van der Waals surface area contributed by atoms with Crippen molar-refractivity contribution in [3.05, 3.63) is 106 Å². The van der Waals surface area contributed by atoms with Crippen molar-refractivity contribution in [1.29, 1.82) is 0 Å². The van der Waals surface area contributed by atoms with Crippen LogP contribution < -0.4 is 14.4 Å². The van der Waals surface area contributed by atoms with E-state index in [2.05, 4.69) is 50.6 Å². The monoisotopic (exact) mass is 844 g/mol. The molecule has 0 bridgehead atoms. The van der Waals surface area contributed by atoms with E-state index in [-0.39, 0.29) is 16.9 Å². The van der Waals surface area contributed by atoms with Gasteiger partial charge < -0.3 is 19.1 Å². The fourth-order valence-electron chi connectivity index (χ4n) is 10.5. The molecule has 0 unspecified atom stereocenters. The van der Waals surface area contributed by atoms with E-state index >= 15 is 0 Å². The van der Waals surface area contributed by atoms with Crippen LogP contribution in [-0.2, 0) is 37.8 Å². The molecule has 59 heavy (non-hydrogen) atoms. The fourth-order valence-corrected chi connectivity index (χ4v) is 11.7. The third-order valence-corrected chi connectivity index (χ3v) is 15.9. The van der Waals surface area contributed by atoms with Gasteiger partial charge >= 0.3 is 0 Å². The maximum Gasteiger partial charge on any atom is 0.264 e. The molecule has 318 valence electrons. The van der Waals surface area contributed by atoms with Gasteiger partial charge in [0.2, 0.25) is 10.0 Å². The Hall–Kier alpha value is -3.45. The summed E-state index contributed by atoms with van der Waals surface area (Å²) in [7, 11) is -2.09. The van der Waals surface area contributed by atoms with Gasteiger partial charge in [-0.2, -0.15) is 0 Å². The number of allylic oxidation sites excluding steroid dienone is 1. The number of aryl methyl sites for hydroxylation is 1. The summed E-state index contributed by atoms with van der Waals surface area (Å²) in [6.07, 6.45) is 10.9. The number of carbonyl (C=O) groups excluding carboxylic acids is 1. The molecule has 1 spiro atoms. The molecule has 12 heteroatoms. The van der Waals surface area contributed by atoms with E-state index in [9.17, 15) is 13.2 Å². The number of halogens is 1. The van der Waals surface area contributed by atoms with Crippen molar-refractivity contribution < 1.29 is 27.4 Å². The average Bonchev–Trinajstić information content (AvgIpc) is 3.38. The van der Waals surface area contributed by atoms with Crippen LogP contribution in [-0.4, -0.2) is 114 Å². The van der Waals surface area contributed by atoms with Gasteiger partial charge in [-0.3, -0.25) is 14.6 Å². The van der Waals surface area contributed by atoms with E-state index in [1.54, 1.807) is 13.0 Å².